The molecule has 0 radical (unpaired) electrons. The van der Waals surface area contributed by atoms with E-state index >= 15 is 0 Å². The quantitative estimate of drug-likeness (QED) is 0.839. The number of methoxy groups -OCH3 is 1. The van der Waals surface area contributed by atoms with Crippen LogP contribution in [0.2, 0.25) is 0 Å². The van der Waals surface area contributed by atoms with Gasteiger partial charge < -0.3 is 14.5 Å². The first-order valence-electron chi connectivity index (χ1n) is 9.42. The molecule has 2 aromatic rings. The molecule has 2 aromatic carbocycles. The molecule has 1 fully saturated rings. The highest BCUT2D eigenvalue weighted by Gasteiger charge is 2.38. The number of carbonyl (C=O) groups excluding carboxylic acids is 2. The van der Waals surface area contributed by atoms with Gasteiger partial charge in [-0.25, -0.2) is 0 Å². The van der Waals surface area contributed by atoms with Crippen LogP contribution in [0.5, 0.6) is 5.75 Å². The van der Waals surface area contributed by atoms with Crippen LogP contribution in [-0.2, 0) is 16.0 Å². The van der Waals surface area contributed by atoms with Gasteiger partial charge in [0, 0.05) is 37.0 Å². The highest BCUT2D eigenvalue weighted by molar-refractivity contribution is 6.05. The van der Waals surface area contributed by atoms with Crippen molar-refractivity contribution in [3.63, 3.8) is 0 Å². The van der Waals surface area contributed by atoms with Crippen molar-refractivity contribution in [2.45, 2.75) is 26.2 Å². The van der Waals surface area contributed by atoms with E-state index in [9.17, 15) is 9.59 Å². The van der Waals surface area contributed by atoms with Crippen LogP contribution in [0.3, 0.4) is 0 Å². The number of amides is 2. The molecule has 2 aliphatic rings. The first-order valence-corrected chi connectivity index (χ1v) is 9.42. The smallest absolute Gasteiger partial charge is 0.232 e. The Balaban J connectivity index is 1.55. The van der Waals surface area contributed by atoms with Gasteiger partial charge >= 0.3 is 0 Å². The predicted molar refractivity (Wildman–Crippen MR) is 105 cm³/mol. The lowest BCUT2D eigenvalue weighted by Gasteiger charge is -2.31. The average Bonchev–Trinajstić information content (AvgIpc) is 3.08. The maximum Gasteiger partial charge on any atom is 0.232 e. The zero-order chi connectivity index (χ0) is 19.0. The van der Waals surface area contributed by atoms with Crippen molar-refractivity contribution in [1.82, 2.24) is 0 Å². The van der Waals surface area contributed by atoms with E-state index in [4.69, 9.17) is 4.74 Å². The second kappa shape index (κ2) is 7.06. The van der Waals surface area contributed by atoms with Crippen LogP contribution in [-0.4, -0.2) is 32.0 Å². The van der Waals surface area contributed by atoms with Crippen LogP contribution < -0.4 is 14.5 Å². The van der Waals surface area contributed by atoms with Gasteiger partial charge in [0.15, 0.2) is 0 Å². The van der Waals surface area contributed by atoms with Crippen LogP contribution >= 0.6 is 0 Å². The van der Waals surface area contributed by atoms with Gasteiger partial charge in [-0.2, -0.15) is 0 Å². The molecule has 27 heavy (non-hydrogen) atoms. The van der Waals surface area contributed by atoms with E-state index in [0.29, 0.717) is 12.3 Å². The maximum absolute atomic E-state index is 13.2. The molecule has 2 amide bonds. The molecule has 2 aliphatic heterocycles. The number of benzene rings is 2. The Morgan fingerprint density at radius 1 is 1.19 bits per heavy atom. The lowest BCUT2D eigenvalue weighted by molar-refractivity contribution is -0.124. The van der Waals surface area contributed by atoms with Gasteiger partial charge in [-0.05, 0) is 43.5 Å². The van der Waals surface area contributed by atoms with Crippen molar-refractivity contribution in [2.75, 3.05) is 30.0 Å². The normalized spacial score (nSPS) is 19.2. The second-order valence-corrected chi connectivity index (χ2v) is 7.33. The second-order valence-electron chi connectivity index (χ2n) is 7.33. The van der Waals surface area contributed by atoms with Crippen molar-refractivity contribution in [3.05, 3.63) is 53.6 Å². The summed E-state index contributed by atoms with van der Waals surface area (Å²) in [6, 6.07) is 13.7. The summed E-state index contributed by atoms with van der Waals surface area (Å²) >= 11 is 0. The molecule has 0 spiro atoms. The number of hydrogen-bond acceptors (Lipinski definition) is 3. The summed E-state index contributed by atoms with van der Waals surface area (Å²) in [6.07, 6.45) is 2.22. The van der Waals surface area contributed by atoms with E-state index < -0.39 is 0 Å². The van der Waals surface area contributed by atoms with Crippen LogP contribution in [0.1, 0.15) is 24.0 Å². The van der Waals surface area contributed by atoms with Crippen molar-refractivity contribution in [3.8, 4) is 5.75 Å². The number of aryl methyl sites for hydroxylation is 2. The molecule has 5 nitrogen and oxygen atoms in total. The third kappa shape index (κ3) is 3.29. The summed E-state index contributed by atoms with van der Waals surface area (Å²) in [5, 5.41) is 0. The van der Waals surface area contributed by atoms with Gasteiger partial charge in [0.2, 0.25) is 11.8 Å². The molecule has 2 heterocycles. The number of fused-ring (bicyclic) bond motifs is 1. The Kier molecular flexibility index (Phi) is 4.60. The Labute approximate surface area is 159 Å². The molecule has 0 bridgehead atoms. The topological polar surface area (TPSA) is 49.9 Å². The summed E-state index contributed by atoms with van der Waals surface area (Å²) in [5.74, 6) is 0.438. The van der Waals surface area contributed by atoms with Crippen molar-refractivity contribution < 1.29 is 14.3 Å². The monoisotopic (exact) mass is 364 g/mol. The first-order chi connectivity index (χ1) is 13.1. The lowest BCUT2D eigenvalue weighted by atomic mass is 9.97. The molecular weight excluding hydrogens is 340 g/mol. The fraction of sp³-hybridized carbons (Fsp3) is 0.364. The fourth-order valence-electron chi connectivity index (χ4n) is 4.08. The summed E-state index contributed by atoms with van der Waals surface area (Å²) in [6.45, 7) is 3.21. The lowest BCUT2D eigenvalue weighted by Crippen LogP contribution is -2.40. The molecule has 4 rings (SSSR count). The van der Waals surface area contributed by atoms with Crippen LogP contribution in [0, 0.1) is 12.8 Å². The minimum absolute atomic E-state index is 0.0113. The average molecular weight is 364 g/mol. The highest BCUT2D eigenvalue weighted by Crippen LogP contribution is 2.33. The Bertz CT molecular complexity index is 893. The third-order valence-electron chi connectivity index (χ3n) is 5.46. The number of anilines is 2. The number of nitrogens with zero attached hydrogens (tertiary/aromatic N) is 2. The maximum atomic E-state index is 13.2. The van der Waals surface area contributed by atoms with Crippen molar-refractivity contribution >= 4 is 23.2 Å². The van der Waals surface area contributed by atoms with E-state index in [2.05, 4.69) is 13.0 Å². The molecule has 1 saturated heterocycles. The molecule has 0 N–H and O–H groups in total. The number of carbonyl (C=O) groups is 2. The summed E-state index contributed by atoms with van der Waals surface area (Å²) in [7, 11) is 1.60. The SMILES string of the molecule is COc1cccc(N2CC(C(=O)N3CCCc4cc(C)ccc43)CC2=O)c1. The summed E-state index contributed by atoms with van der Waals surface area (Å²) in [4.78, 5) is 29.4. The van der Waals surface area contributed by atoms with Gasteiger partial charge in [0.1, 0.15) is 5.75 Å². The zero-order valence-corrected chi connectivity index (χ0v) is 15.8. The minimum Gasteiger partial charge on any atom is -0.497 e. The third-order valence-corrected chi connectivity index (χ3v) is 5.46. The Morgan fingerprint density at radius 3 is 2.85 bits per heavy atom. The van der Waals surface area contributed by atoms with Crippen molar-refractivity contribution in [1.29, 1.82) is 0 Å². The van der Waals surface area contributed by atoms with E-state index in [1.165, 1.54) is 11.1 Å². The standard InChI is InChI=1S/C22H24N2O3/c1-15-8-9-20-16(11-15)5-4-10-23(20)22(26)17-12-21(25)24(14-17)18-6-3-7-19(13-18)27-2/h3,6-9,11,13,17H,4-5,10,12,14H2,1-2H3. The minimum atomic E-state index is -0.309. The Morgan fingerprint density at radius 2 is 2.04 bits per heavy atom. The van der Waals surface area contributed by atoms with E-state index in [1.54, 1.807) is 12.0 Å². The summed E-state index contributed by atoms with van der Waals surface area (Å²) in [5.41, 5.74) is 4.22. The molecule has 1 atom stereocenters. The molecule has 0 aliphatic carbocycles. The first kappa shape index (κ1) is 17.6. The van der Waals surface area contributed by atoms with E-state index in [1.807, 2.05) is 41.3 Å². The van der Waals surface area contributed by atoms with Gasteiger partial charge in [-0.15, -0.1) is 0 Å². The van der Waals surface area contributed by atoms with Gasteiger partial charge in [0.05, 0.1) is 13.0 Å². The van der Waals surface area contributed by atoms with E-state index in [0.717, 1.165) is 30.8 Å². The van der Waals surface area contributed by atoms with Gasteiger partial charge in [-0.3, -0.25) is 9.59 Å². The predicted octanol–water partition coefficient (Wildman–Crippen LogP) is 3.34. The Hall–Kier alpha value is -2.82. The van der Waals surface area contributed by atoms with Crippen molar-refractivity contribution in [2.24, 2.45) is 5.92 Å². The summed E-state index contributed by atoms with van der Waals surface area (Å²) < 4.78 is 5.25. The molecule has 0 saturated carbocycles. The van der Waals surface area contributed by atoms with Crippen LogP contribution in [0.15, 0.2) is 42.5 Å². The highest BCUT2D eigenvalue weighted by atomic mass is 16.5. The number of ether oxygens (including phenoxy) is 1. The largest absolute Gasteiger partial charge is 0.497 e. The molecule has 5 heteroatoms. The van der Waals surface area contributed by atoms with Crippen LogP contribution in [0.4, 0.5) is 11.4 Å². The van der Waals surface area contributed by atoms with E-state index in [-0.39, 0.29) is 24.2 Å². The number of hydrogen-bond donors (Lipinski definition) is 0. The fourth-order valence-corrected chi connectivity index (χ4v) is 4.08. The molecule has 140 valence electrons. The van der Waals surface area contributed by atoms with Gasteiger partial charge in [0.25, 0.3) is 0 Å². The van der Waals surface area contributed by atoms with Gasteiger partial charge in [-0.1, -0.05) is 23.8 Å². The molecular formula is C22H24N2O3. The zero-order valence-electron chi connectivity index (χ0n) is 15.8. The molecule has 0 aromatic heterocycles. The number of rotatable bonds is 3. The van der Waals surface area contributed by atoms with Crippen LogP contribution in [0.25, 0.3) is 0 Å². The molecule has 1 unspecified atom stereocenters.